The normalized spacial score (nSPS) is 17.8. The quantitative estimate of drug-likeness (QED) is 0.840. The van der Waals surface area contributed by atoms with Gasteiger partial charge < -0.3 is 9.80 Å². The van der Waals surface area contributed by atoms with Crippen molar-refractivity contribution in [2.24, 2.45) is 0 Å². The van der Waals surface area contributed by atoms with Crippen LogP contribution in [0.1, 0.15) is 22.8 Å². The van der Waals surface area contributed by atoms with Crippen molar-refractivity contribution in [3.63, 3.8) is 0 Å². The Bertz CT molecular complexity index is 821. The Labute approximate surface area is 144 Å². The molecule has 1 heterocycles. The van der Waals surface area contributed by atoms with Crippen LogP contribution in [0.5, 0.6) is 0 Å². The maximum atomic E-state index is 14.0. The molecule has 0 unspecified atom stereocenters. The summed E-state index contributed by atoms with van der Waals surface area (Å²) in [5.74, 6) is -2.12. The molecule has 1 saturated heterocycles. The first kappa shape index (κ1) is 17.1. The SMILES string of the molecule is Cc1ccc(C(=O)N2CCN(c3ccc(F)cc3F)C(=O)[C@@H]2C)cc1. The summed E-state index contributed by atoms with van der Waals surface area (Å²) in [4.78, 5) is 28.0. The molecule has 0 spiro atoms. The summed E-state index contributed by atoms with van der Waals surface area (Å²) in [6.07, 6.45) is 0. The highest BCUT2D eigenvalue weighted by Crippen LogP contribution is 2.25. The molecule has 3 rings (SSSR count). The molecule has 2 aromatic carbocycles. The van der Waals surface area contributed by atoms with Gasteiger partial charge in [-0.05, 0) is 38.1 Å². The van der Waals surface area contributed by atoms with E-state index in [-0.39, 0.29) is 24.7 Å². The molecule has 1 aliphatic heterocycles. The maximum Gasteiger partial charge on any atom is 0.254 e. The summed E-state index contributed by atoms with van der Waals surface area (Å²) < 4.78 is 27.1. The number of nitrogens with zero attached hydrogens (tertiary/aromatic N) is 2. The van der Waals surface area contributed by atoms with E-state index in [1.165, 1.54) is 15.9 Å². The van der Waals surface area contributed by atoms with Crippen molar-refractivity contribution >= 4 is 17.5 Å². The van der Waals surface area contributed by atoms with Crippen molar-refractivity contribution in [3.05, 3.63) is 65.2 Å². The molecule has 0 radical (unpaired) electrons. The van der Waals surface area contributed by atoms with E-state index >= 15 is 0 Å². The summed E-state index contributed by atoms with van der Waals surface area (Å²) in [6.45, 7) is 3.97. The van der Waals surface area contributed by atoms with E-state index in [0.717, 1.165) is 17.7 Å². The van der Waals surface area contributed by atoms with E-state index in [1.807, 2.05) is 19.1 Å². The fourth-order valence-electron chi connectivity index (χ4n) is 2.95. The molecule has 0 bridgehead atoms. The minimum atomic E-state index is -0.793. The van der Waals surface area contributed by atoms with Crippen LogP contribution < -0.4 is 4.90 Å². The highest BCUT2D eigenvalue weighted by molar-refractivity contribution is 6.03. The molecule has 2 amide bonds. The minimum absolute atomic E-state index is 0.0284. The predicted octanol–water partition coefficient (Wildman–Crippen LogP) is 3.15. The van der Waals surface area contributed by atoms with Crippen LogP contribution in [0, 0.1) is 18.6 Å². The van der Waals surface area contributed by atoms with Gasteiger partial charge in [-0.3, -0.25) is 9.59 Å². The second kappa shape index (κ2) is 6.63. The first-order valence-corrected chi connectivity index (χ1v) is 8.02. The van der Waals surface area contributed by atoms with Crippen LogP contribution in [0.2, 0.25) is 0 Å². The smallest absolute Gasteiger partial charge is 0.254 e. The van der Waals surface area contributed by atoms with Crippen molar-refractivity contribution in [2.45, 2.75) is 19.9 Å². The Balaban J connectivity index is 1.81. The number of hydrogen-bond donors (Lipinski definition) is 0. The Morgan fingerprint density at radius 2 is 1.76 bits per heavy atom. The monoisotopic (exact) mass is 344 g/mol. The number of rotatable bonds is 2. The van der Waals surface area contributed by atoms with Gasteiger partial charge in [-0.2, -0.15) is 0 Å². The number of hydrogen-bond acceptors (Lipinski definition) is 2. The molecule has 0 saturated carbocycles. The van der Waals surface area contributed by atoms with E-state index in [1.54, 1.807) is 19.1 Å². The third kappa shape index (κ3) is 3.24. The summed E-state index contributed by atoms with van der Waals surface area (Å²) in [5.41, 5.74) is 1.57. The maximum absolute atomic E-state index is 14.0. The first-order chi connectivity index (χ1) is 11.9. The van der Waals surface area contributed by atoms with Crippen molar-refractivity contribution in [2.75, 3.05) is 18.0 Å². The number of carbonyl (C=O) groups excluding carboxylic acids is 2. The molecule has 0 aliphatic carbocycles. The molecule has 6 heteroatoms. The Morgan fingerprint density at radius 3 is 2.40 bits per heavy atom. The molecule has 4 nitrogen and oxygen atoms in total. The number of piperazine rings is 1. The minimum Gasteiger partial charge on any atom is -0.325 e. The number of anilines is 1. The number of aryl methyl sites for hydroxylation is 1. The predicted molar refractivity (Wildman–Crippen MR) is 90.4 cm³/mol. The van der Waals surface area contributed by atoms with Gasteiger partial charge in [0.1, 0.15) is 17.7 Å². The van der Waals surface area contributed by atoms with Gasteiger partial charge in [0.2, 0.25) is 5.91 Å². The molecule has 25 heavy (non-hydrogen) atoms. The fourth-order valence-corrected chi connectivity index (χ4v) is 2.95. The Hall–Kier alpha value is -2.76. The molecular formula is C19H18F2N2O2. The van der Waals surface area contributed by atoms with Gasteiger partial charge in [-0.25, -0.2) is 8.78 Å². The average molecular weight is 344 g/mol. The lowest BCUT2D eigenvalue weighted by Gasteiger charge is -2.39. The molecule has 0 aromatic heterocycles. The van der Waals surface area contributed by atoms with Gasteiger partial charge in [0.05, 0.1) is 5.69 Å². The van der Waals surface area contributed by atoms with E-state index < -0.39 is 23.6 Å². The van der Waals surface area contributed by atoms with Gasteiger partial charge in [-0.15, -0.1) is 0 Å². The Morgan fingerprint density at radius 1 is 1.08 bits per heavy atom. The summed E-state index contributed by atoms with van der Waals surface area (Å²) in [5, 5.41) is 0. The van der Waals surface area contributed by atoms with Crippen molar-refractivity contribution < 1.29 is 18.4 Å². The highest BCUT2D eigenvalue weighted by atomic mass is 19.1. The van der Waals surface area contributed by atoms with Crippen LogP contribution >= 0.6 is 0 Å². The van der Waals surface area contributed by atoms with Crippen LogP contribution in [0.4, 0.5) is 14.5 Å². The zero-order valence-electron chi connectivity index (χ0n) is 14.0. The molecule has 130 valence electrons. The molecule has 2 aromatic rings. The highest BCUT2D eigenvalue weighted by Gasteiger charge is 2.36. The lowest BCUT2D eigenvalue weighted by atomic mass is 10.1. The fraction of sp³-hybridized carbons (Fsp3) is 0.263. The average Bonchev–Trinajstić information content (AvgIpc) is 2.58. The summed E-state index contributed by atoms with van der Waals surface area (Å²) in [6, 6.07) is 9.49. The van der Waals surface area contributed by atoms with Crippen LogP contribution in [-0.4, -0.2) is 35.8 Å². The molecule has 1 aliphatic rings. The van der Waals surface area contributed by atoms with Crippen molar-refractivity contribution in [1.82, 2.24) is 4.90 Å². The molecule has 1 fully saturated rings. The van der Waals surface area contributed by atoms with Crippen LogP contribution in [-0.2, 0) is 4.79 Å². The third-order valence-corrected chi connectivity index (χ3v) is 4.42. The van der Waals surface area contributed by atoms with Gasteiger partial charge in [0.25, 0.3) is 5.91 Å². The number of benzene rings is 2. The Kier molecular flexibility index (Phi) is 4.53. The number of carbonyl (C=O) groups is 2. The van der Waals surface area contributed by atoms with Crippen LogP contribution in [0.3, 0.4) is 0 Å². The molecule has 0 N–H and O–H groups in total. The van der Waals surface area contributed by atoms with E-state index in [2.05, 4.69) is 0 Å². The zero-order valence-corrected chi connectivity index (χ0v) is 14.0. The van der Waals surface area contributed by atoms with Crippen molar-refractivity contribution in [1.29, 1.82) is 0 Å². The third-order valence-electron chi connectivity index (χ3n) is 4.42. The standard InChI is InChI=1S/C19H18F2N2O2/c1-12-3-5-14(6-4-12)19(25)22-9-10-23(18(24)13(22)2)17-8-7-15(20)11-16(17)21/h3-8,11,13H,9-10H2,1-2H3/t13-/m0/s1. The second-order valence-electron chi connectivity index (χ2n) is 6.13. The largest absolute Gasteiger partial charge is 0.325 e. The van der Waals surface area contributed by atoms with Gasteiger partial charge in [0, 0.05) is 24.7 Å². The summed E-state index contributed by atoms with van der Waals surface area (Å²) >= 11 is 0. The van der Waals surface area contributed by atoms with E-state index in [4.69, 9.17) is 0 Å². The lowest BCUT2D eigenvalue weighted by molar-refractivity contribution is -0.124. The van der Waals surface area contributed by atoms with Crippen LogP contribution in [0.15, 0.2) is 42.5 Å². The lowest BCUT2D eigenvalue weighted by Crippen LogP contribution is -2.58. The van der Waals surface area contributed by atoms with Crippen LogP contribution in [0.25, 0.3) is 0 Å². The number of halogens is 2. The van der Waals surface area contributed by atoms with Crippen molar-refractivity contribution in [3.8, 4) is 0 Å². The van der Waals surface area contributed by atoms with E-state index in [0.29, 0.717) is 5.56 Å². The van der Waals surface area contributed by atoms with Gasteiger partial charge in [-0.1, -0.05) is 17.7 Å². The van der Waals surface area contributed by atoms with E-state index in [9.17, 15) is 18.4 Å². The van der Waals surface area contributed by atoms with Gasteiger partial charge >= 0.3 is 0 Å². The summed E-state index contributed by atoms with van der Waals surface area (Å²) in [7, 11) is 0. The second-order valence-corrected chi connectivity index (χ2v) is 6.13. The zero-order chi connectivity index (χ0) is 18.1. The number of amides is 2. The van der Waals surface area contributed by atoms with Gasteiger partial charge in [0.15, 0.2) is 0 Å². The topological polar surface area (TPSA) is 40.6 Å². The molecular weight excluding hydrogens is 326 g/mol. The molecule has 1 atom stereocenters. The first-order valence-electron chi connectivity index (χ1n) is 8.02.